The first-order valence-corrected chi connectivity index (χ1v) is 15.8. The first-order valence-electron chi connectivity index (χ1n) is 15.0. The van der Waals surface area contributed by atoms with E-state index in [0.717, 1.165) is 21.4 Å². The Balaban J connectivity index is 1.42. The van der Waals surface area contributed by atoms with Crippen molar-refractivity contribution in [3.63, 3.8) is 0 Å². The average Bonchev–Trinajstić information content (AvgIpc) is 3.56. The van der Waals surface area contributed by atoms with Gasteiger partial charge in [-0.15, -0.1) is 5.10 Å². The second kappa shape index (κ2) is 14.0. The monoisotopic (exact) mass is 716 g/mol. The number of nitrogens with one attached hydrogen (secondary N) is 1. The van der Waals surface area contributed by atoms with Crippen LogP contribution in [0, 0.1) is 6.92 Å². The number of hydrogen-bond acceptors (Lipinski definition) is 9. The summed E-state index contributed by atoms with van der Waals surface area (Å²) in [6.45, 7) is 1.69. The Kier molecular flexibility index (Phi) is 9.57. The highest BCUT2D eigenvalue weighted by Crippen LogP contribution is 2.42. The minimum atomic E-state index is -1.15. The second-order valence-electron chi connectivity index (χ2n) is 11.2. The second-order valence-corrected chi connectivity index (χ2v) is 11.9. The molecule has 0 radical (unpaired) electrons. The number of methoxy groups -OCH3 is 2. The van der Waals surface area contributed by atoms with Crippen molar-refractivity contribution < 1.29 is 23.7 Å². The van der Waals surface area contributed by atoms with Crippen LogP contribution in [0.3, 0.4) is 0 Å². The Morgan fingerprint density at radius 2 is 1.54 bits per heavy atom. The molecule has 5 aromatic rings. The molecule has 1 fully saturated rings. The molecule has 1 aliphatic rings. The van der Waals surface area contributed by atoms with Gasteiger partial charge < -0.3 is 23.8 Å². The normalized spacial score (nSPS) is 16.5. The number of benzene rings is 3. The summed E-state index contributed by atoms with van der Waals surface area (Å²) >= 11 is 3.19. The molecule has 3 heterocycles. The molecular formula is C34H33BrN6O7. The van der Waals surface area contributed by atoms with E-state index in [0.29, 0.717) is 17.1 Å². The van der Waals surface area contributed by atoms with Crippen molar-refractivity contribution in [2.75, 3.05) is 33.9 Å². The molecule has 0 unspecified atom stereocenters. The topological polar surface area (TPSA) is 143 Å². The van der Waals surface area contributed by atoms with Crippen molar-refractivity contribution >= 4 is 22.0 Å². The summed E-state index contributed by atoms with van der Waals surface area (Å²) < 4.78 is 27.0. The van der Waals surface area contributed by atoms with E-state index < -0.39 is 35.2 Å². The molecule has 2 aromatic heterocycles. The Bertz CT molecular complexity index is 1950. The average molecular weight is 718 g/mol. The molecule has 13 nitrogen and oxygen atoms in total. The highest BCUT2D eigenvalue weighted by Gasteiger charge is 2.41. The van der Waals surface area contributed by atoms with Crippen LogP contribution in [0.1, 0.15) is 28.5 Å². The maximum atomic E-state index is 13.6. The molecular weight excluding hydrogens is 684 g/mol. The molecule has 1 saturated heterocycles. The fourth-order valence-corrected chi connectivity index (χ4v) is 6.05. The molecule has 0 aliphatic carbocycles. The number of carbonyl (C=O) groups excluding carboxylic acids is 1. The van der Waals surface area contributed by atoms with Crippen molar-refractivity contribution in [2.24, 2.45) is 0 Å². The van der Waals surface area contributed by atoms with Gasteiger partial charge in [0.05, 0.1) is 33.9 Å². The molecule has 6 rings (SSSR count). The van der Waals surface area contributed by atoms with E-state index in [1.54, 1.807) is 21.1 Å². The van der Waals surface area contributed by atoms with E-state index in [1.165, 1.54) is 22.0 Å². The molecule has 3 aromatic carbocycles. The van der Waals surface area contributed by atoms with Gasteiger partial charge in [0, 0.05) is 11.8 Å². The van der Waals surface area contributed by atoms with Crippen LogP contribution in [-0.4, -0.2) is 75.3 Å². The molecule has 0 bridgehead atoms. The molecule has 2 atom stereocenters. The predicted octanol–water partition coefficient (Wildman–Crippen LogP) is 4.09. The third-order valence-electron chi connectivity index (χ3n) is 8.20. The predicted molar refractivity (Wildman–Crippen MR) is 178 cm³/mol. The van der Waals surface area contributed by atoms with E-state index >= 15 is 0 Å². The Morgan fingerprint density at radius 3 is 2.10 bits per heavy atom. The lowest BCUT2D eigenvalue weighted by atomic mass is 9.80. The lowest BCUT2D eigenvalue weighted by molar-refractivity contribution is -0.149. The van der Waals surface area contributed by atoms with Gasteiger partial charge in [0.1, 0.15) is 29.5 Å². The molecule has 0 saturated carbocycles. The van der Waals surface area contributed by atoms with Crippen LogP contribution in [-0.2, 0) is 15.1 Å². The van der Waals surface area contributed by atoms with Gasteiger partial charge in [0.15, 0.2) is 6.23 Å². The van der Waals surface area contributed by atoms with Crippen molar-refractivity contribution in [3.8, 4) is 11.5 Å². The number of H-pyrrole nitrogens is 1. The van der Waals surface area contributed by atoms with Crippen LogP contribution in [0.4, 0.5) is 4.79 Å². The summed E-state index contributed by atoms with van der Waals surface area (Å²) in [5.74, 6) is 1.37. The zero-order valence-corrected chi connectivity index (χ0v) is 28.0. The summed E-state index contributed by atoms with van der Waals surface area (Å²) in [5, 5.41) is 4.11. The zero-order valence-electron chi connectivity index (χ0n) is 26.4. The number of rotatable bonds is 9. The number of aromatic nitrogens is 5. The number of halogens is 1. The number of aryl methyl sites for hydroxylation is 1. The Morgan fingerprint density at radius 1 is 0.938 bits per heavy atom. The Labute approximate surface area is 283 Å². The summed E-state index contributed by atoms with van der Waals surface area (Å²) in [6.07, 6.45) is 1.05. The van der Waals surface area contributed by atoms with Gasteiger partial charge in [-0.1, -0.05) is 54.6 Å². The fraction of sp³-hybridized carbons (Fsp3) is 0.265. The number of carbonyl (C=O) groups is 1. The van der Waals surface area contributed by atoms with Crippen LogP contribution in [0.25, 0.3) is 0 Å². The van der Waals surface area contributed by atoms with E-state index in [1.807, 2.05) is 78.9 Å². The van der Waals surface area contributed by atoms with Crippen LogP contribution < -0.4 is 20.7 Å². The van der Waals surface area contributed by atoms with Crippen LogP contribution in [0.5, 0.6) is 11.5 Å². The highest BCUT2D eigenvalue weighted by atomic mass is 79.9. The first kappa shape index (κ1) is 32.9. The van der Waals surface area contributed by atoms with Gasteiger partial charge in [-0.2, -0.15) is 4.68 Å². The third-order valence-corrected chi connectivity index (χ3v) is 8.56. The van der Waals surface area contributed by atoms with Crippen LogP contribution in [0.15, 0.2) is 106 Å². The van der Waals surface area contributed by atoms with E-state index in [9.17, 15) is 14.4 Å². The van der Waals surface area contributed by atoms with Crippen molar-refractivity contribution in [1.82, 2.24) is 29.2 Å². The number of morpholine rings is 1. The van der Waals surface area contributed by atoms with Crippen molar-refractivity contribution in [1.29, 1.82) is 0 Å². The van der Waals surface area contributed by atoms with Gasteiger partial charge in [0.25, 0.3) is 5.56 Å². The number of nitrogens with zero attached hydrogens (tertiary/aromatic N) is 5. The van der Waals surface area contributed by atoms with Crippen molar-refractivity contribution in [2.45, 2.75) is 24.9 Å². The van der Waals surface area contributed by atoms with Crippen molar-refractivity contribution in [3.05, 3.63) is 139 Å². The van der Waals surface area contributed by atoms with Gasteiger partial charge in [-0.25, -0.2) is 14.6 Å². The molecule has 48 heavy (non-hydrogen) atoms. The fourth-order valence-electron chi connectivity index (χ4n) is 5.79. The van der Waals surface area contributed by atoms with E-state index in [4.69, 9.17) is 18.9 Å². The van der Waals surface area contributed by atoms with Gasteiger partial charge in [-0.3, -0.25) is 14.3 Å². The third kappa shape index (κ3) is 6.54. The van der Waals surface area contributed by atoms with Gasteiger partial charge in [0.2, 0.25) is 4.73 Å². The first-order chi connectivity index (χ1) is 23.2. The quantitative estimate of drug-likeness (QED) is 0.223. The molecule has 248 valence electrons. The minimum Gasteiger partial charge on any atom is -0.497 e. The lowest BCUT2D eigenvalue weighted by Gasteiger charge is -2.41. The van der Waals surface area contributed by atoms with Crippen LogP contribution >= 0.6 is 15.9 Å². The maximum absolute atomic E-state index is 13.6. The largest absolute Gasteiger partial charge is 0.497 e. The Hall–Kier alpha value is -5.05. The SMILES string of the molecule is COc1ccc(C(OC[C@@H]2CN(C(=O)n3cnc(Br)n3)C[C@H](n3cc(C)c(=O)[nH]c3=O)O2)(c2ccccc2)c2ccc(OC)cc2)cc1. The molecule has 1 amide bonds. The molecule has 1 N–H and O–H groups in total. The molecule has 0 spiro atoms. The number of aromatic amines is 1. The number of amides is 1. The van der Waals surface area contributed by atoms with E-state index in [-0.39, 0.29) is 24.4 Å². The maximum Gasteiger partial charge on any atom is 0.346 e. The number of ether oxygens (including phenoxy) is 4. The lowest BCUT2D eigenvalue weighted by Crippen LogP contribution is -2.53. The smallest absolute Gasteiger partial charge is 0.346 e. The number of hydrogen-bond donors (Lipinski definition) is 1. The van der Waals surface area contributed by atoms with Gasteiger partial charge in [-0.05, 0) is 63.8 Å². The highest BCUT2D eigenvalue weighted by molar-refractivity contribution is 9.10. The molecule has 14 heteroatoms. The zero-order chi connectivity index (χ0) is 33.8. The minimum absolute atomic E-state index is 0.00100. The standard InChI is InChI=1S/C34H33BrN6O7/c1-22-17-40(32(43)37-30(22)42)29-19-39(33(44)41-21-36-31(35)38-41)18-28(48-29)20-47-34(23-7-5-4-6-8-23,24-9-13-26(45-2)14-10-24)25-11-15-27(46-3)16-12-25/h4-17,21,28-29H,18-20H2,1-3H3,(H,37,42,43)/t28-,29+/m0/s1. The summed E-state index contributed by atoms with van der Waals surface area (Å²) in [6, 6.07) is 24.6. The summed E-state index contributed by atoms with van der Waals surface area (Å²) in [5.41, 5.74) is 0.493. The van der Waals surface area contributed by atoms with Crippen LogP contribution in [0.2, 0.25) is 0 Å². The van der Waals surface area contributed by atoms with E-state index in [2.05, 4.69) is 31.0 Å². The summed E-state index contributed by atoms with van der Waals surface area (Å²) in [4.78, 5) is 46.6. The molecule has 1 aliphatic heterocycles. The van der Waals surface area contributed by atoms with Gasteiger partial charge >= 0.3 is 11.7 Å². The summed E-state index contributed by atoms with van der Waals surface area (Å²) in [7, 11) is 3.22.